The van der Waals surface area contributed by atoms with E-state index in [-0.39, 0.29) is 6.10 Å². The molecule has 0 saturated heterocycles. The molecule has 0 aliphatic heterocycles. The molecule has 0 radical (unpaired) electrons. The summed E-state index contributed by atoms with van der Waals surface area (Å²) < 4.78 is 20.9. The normalized spacial score (nSPS) is 12.0. The summed E-state index contributed by atoms with van der Waals surface area (Å²) in [7, 11) is 4.65. The highest BCUT2D eigenvalue weighted by Crippen LogP contribution is 2.36. The summed E-state index contributed by atoms with van der Waals surface area (Å²) in [5.41, 5.74) is 0.676. The Morgan fingerprint density at radius 3 is 2.43 bits per heavy atom. The van der Waals surface area contributed by atoms with Gasteiger partial charge in [0.05, 0.1) is 27.4 Å². The molecule has 1 aromatic rings. The number of hydrogen-bond donors (Lipinski definition) is 0. The fourth-order valence-electron chi connectivity index (χ4n) is 1.69. The van der Waals surface area contributed by atoms with Gasteiger partial charge >= 0.3 is 5.97 Å². The molecular formula is C16H22O5. The van der Waals surface area contributed by atoms with Gasteiger partial charge in [0.25, 0.3) is 0 Å². The largest absolute Gasteiger partial charge is 0.497 e. The molecule has 0 N–H and O–H groups in total. The Kier molecular flexibility index (Phi) is 6.59. The first kappa shape index (κ1) is 16.9. The van der Waals surface area contributed by atoms with Crippen molar-refractivity contribution in [2.45, 2.75) is 26.4 Å². The summed E-state index contributed by atoms with van der Waals surface area (Å²) in [6.07, 6.45) is 3.65. The molecule has 0 aromatic heterocycles. The molecule has 0 heterocycles. The Morgan fingerprint density at radius 2 is 1.90 bits per heavy atom. The quantitative estimate of drug-likeness (QED) is 0.571. The number of esters is 1. The number of methoxy groups -OCH3 is 3. The Labute approximate surface area is 125 Å². The van der Waals surface area contributed by atoms with E-state index >= 15 is 0 Å². The van der Waals surface area contributed by atoms with Crippen LogP contribution in [0.4, 0.5) is 0 Å². The van der Waals surface area contributed by atoms with Gasteiger partial charge in [-0.2, -0.15) is 0 Å². The highest BCUT2D eigenvalue weighted by Gasteiger charge is 2.12. The standard InChI is InChI=1S/C16H22O5/c1-6-11(2)21-15(17)8-7-12-9-13(18-3)10-14(19-4)16(12)20-5/h7-11H,6H2,1-5H3. The van der Waals surface area contributed by atoms with Crippen LogP contribution >= 0.6 is 0 Å². The van der Waals surface area contributed by atoms with Crippen molar-refractivity contribution < 1.29 is 23.7 Å². The van der Waals surface area contributed by atoms with Gasteiger partial charge in [-0.1, -0.05) is 6.92 Å². The van der Waals surface area contributed by atoms with E-state index in [1.807, 2.05) is 13.8 Å². The van der Waals surface area contributed by atoms with E-state index in [4.69, 9.17) is 18.9 Å². The average molecular weight is 294 g/mol. The van der Waals surface area contributed by atoms with Crippen LogP contribution in [0, 0.1) is 0 Å². The monoisotopic (exact) mass is 294 g/mol. The molecule has 0 fully saturated rings. The molecule has 0 bridgehead atoms. The van der Waals surface area contributed by atoms with E-state index in [9.17, 15) is 4.79 Å². The summed E-state index contributed by atoms with van der Waals surface area (Å²) in [4.78, 5) is 11.7. The third-order valence-corrected chi connectivity index (χ3v) is 3.01. The van der Waals surface area contributed by atoms with Crippen molar-refractivity contribution in [3.63, 3.8) is 0 Å². The minimum Gasteiger partial charge on any atom is -0.497 e. The fraction of sp³-hybridized carbons (Fsp3) is 0.438. The van der Waals surface area contributed by atoms with Gasteiger partial charge in [-0.25, -0.2) is 4.79 Å². The Bertz CT molecular complexity index is 508. The van der Waals surface area contributed by atoms with Crippen LogP contribution in [0.1, 0.15) is 25.8 Å². The molecule has 0 aliphatic rings. The topological polar surface area (TPSA) is 54.0 Å². The van der Waals surface area contributed by atoms with Gasteiger partial charge in [-0.15, -0.1) is 0 Å². The minimum absolute atomic E-state index is 0.108. The van der Waals surface area contributed by atoms with Gasteiger partial charge < -0.3 is 18.9 Å². The zero-order valence-corrected chi connectivity index (χ0v) is 13.1. The predicted molar refractivity (Wildman–Crippen MR) is 81.0 cm³/mol. The molecule has 1 aromatic carbocycles. The van der Waals surface area contributed by atoms with Gasteiger partial charge in [-0.3, -0.25) is 0 Å². The molecule has 116 valence electrons. The van der Waals surface area contributed by atoms with E-state index in [2.05, 4.69) is 0 Å². The molecule has 21 heavy (non-hydrogen) atoms. The predicted octanol–water partition coefficient (Wildman–Crippen LogP) is 3.07. The van der Waals surface area contributed by atoms with Crippen molar-refractivity contribution in [3.8, 4) is 17.2 Å². The smallest absolute Gasteiger partial charge is 0.331 e. The molecule has 0 saturated carbocycles. The molecule has 1 unspecified atom stereocenters. The maximum absolute atomic E-state index is 11.7. The zero-order chi connectivity index (χ0) is 15.8. The first-order valence-corrected chi connectivity index (χ1v) is 6.74. The van der Waals surface area contributed by atoms with E-state index in [1.54, 1.807) is 39.5 Å². The molecule has 0 spiro atoms. The van der Waals surface area contributed by atoms with Crippen LogP contribution in [0.2, 0.25) is 0 Å². The van der Waals surface area contributed by atoms with Gasteiger partial charge in [-0.05, 0) is 25.5 Å². The SMILES string of the molecule is CCC(C)OC(=O)C=Cc1cc(OC)cc(OC)c1OC. The van der Waals surface area contributed by atoms with Crippen molar-refractivity contribution in [1.82, 2.24) is 0 Å². The Morgan fingerprint density at radius 1 is 1.19 bits per heavy atom. The second-order valence-corrected chi connectivity index (χ2v) is 4.44. The molecule has 5 nitrogen and oxygen atoms in total. The molecule has 1 atom stereocenters. The van der Waals surface area contributed by atoms with Crippen LogP contribution in [0.25, 0.3) is 6.08 Å². The molecular weight excluding hydrogens is 272 g/mol. The number of hydrogen-bond acceptors (Lipinski definition) is 5. The summed E-state index contributed by atoms with van der Waals surface area (Å²) in [5, 5.41) is 0. The second-order valence-electron chi connectivity index (χ2n) is 4.44. The number of rotatable bonds is 7. The first-order chi connectivity index (χ1) is 10.0. The molecule has 5 heteroatoms. The van der Waals surface area contributed by atoms with E-state index in [0.29, 0.717) is 22.8 Å². The number of ether oxygens (including phenoxy) is 4. The molecule has 0 aliphatic carbocycles. The van der Waals surface area contributed by atoms with Gasteiger partial charge in [0.1, 0.15) is 5.75 Å². The van der Waals surface area contributed by atoms with Gasteiger partial charge in [0, 0.05) is 17.7 Å². The highest BCUT2D eigenvalue weighted by molar-refractivity contribution is 5.88. The third-order valence-electron chi connectivity index (χ3n) is 3.01. The summed E-state index contributed by atoms with van der Waals surface area (Å²) in [5.74, 6) is 1.29. The Hall–Kier alpha value is -2.17. The molecule has 0 amide bonds. The lowest BCUT2D eigenvalue weighted by molar-refractivity contribution is -0.142. The fourth-order valence-corrected chi connectivity index (χ4v) is 1.69. The van der Waals surface area contributed by atoms with E-state index in [1.165, 1.54) is 6.08 Å². The van der Waals surface area contributed by atoms with Crippen LogP contribution in [0.5, 0.6) is 17.2 Å². The van der Waals surface area contributed by atoms with Crippen LogP contribution in [0.15, 0.2) is 18.2 Å². The number of benzene rings is 1. The average Bonchev–Trinajstić information content (AvgIpc) is 2.51. The van der Waals surface area contributed by atoms with Crippen LogP contribution < -0.4 is 14.2 Å². The van der Waals surface area contributed by atoms with Crippen LogP contribution in [-0.4, -0.2) is 33.4 Å². The van der Waals surface area contributed by atoms with E-state index < -0.39 is 5.97 Å². The van der Waals surface area contributed by atoms with Crippen LogP contribution in [-0.2, 0) is 9.53 Å². The zero-order valence-electron chi connectivity index (χ0n) is 13.1. The lowest BCUT2D eigenvalue weighted by Gasteiger charge is -2.13. The third kappa shape index (κ3) is 4.70. The van der Waals surface area contributed by atoms with Crippen molar-refractivity contribution in [2.24, 2.45) is 0 Å². The highest BCUT2D eigenvalue weighted by atomic mass is 16.5. The second kappa shape index (κ2) is 8.19. The lowest BCUT2D eigenvalue weighted by atomic mass is 10.1. The van der Waals surface area contributed by atoms with Crippen molar-refractivity contribution >= 4 is 12.0 Å². The number of carbonyl (C=O) groups is 1. The van der Waals surface area contributed by atoms with Gasteiger partial charge in [0.15, 0.2) is 11.5 Å². The van der Waals surface area contributed by atoms with Gasteiger partial charge in [0.2, 0.25) is 0 Å². The Balaban J connectivity index is 3.03. The van der Waals surface area contributed by atoms with Crippen molar-refractivity contribution in [2.75, 3.05) is 21.3 Å². The maximum atomic E-state index is 11.7. The minimum atomic E-state index is -0.395. The maximum Gasteiger partial charge on any atom is 0.331 e. The van der Waals surface area contributed by atoms with Crippen molar-refractivity contribution in [1.29, 1.82) is 0 Å². The van der Waals surface area contributed by atoms with Crippen molar-refractivity contribution in [3.05, 3.63) is 23.8 Å². The summed E-state index contributed by atoms with van der Waals surface area (Å²) in [6, 6.07) is 3.47. The van der Waals surface area contributed by atoms with E-state index in [0.717, 1.165) is 6.42 Å². The van der Waals surface area contributed by atoms with Crippen LogP contribution in [0.3, 0.4) is 0 Å². The number of carbonyl (C=O) groups excluding carboxylic acids is 1. The lowest BCUT2D eigenvalue weighted by Crippen LogP contribution is -2.11. The summed E-state index contributed by atoms with van der Waals surface area (Å²) >= 11 is 0. The first-order valence-electron chi connectivity index (χ1n) is 6.74. The molecule has 1 rings (SSSR count). The summed E-state index contributed by atoms with van der Waals surface area (Å²) in [6.45, 7) is 3.80.